The van der Waals surface area contributed by atoms with Gasteiger partial charge < -0.3 is 0 Å². The van der Waals surface area contributed by atoms with Crippen molar-refractivity contribution in [3.05, 3.63) is 58.1 Å². The second-order valence-electron chi connectivity index (χ2n) is 5.78. The molecule has 0 N–H and O–H groups in total. The summed E-state index contributed by atoms with van der Waals surface area (Å²) < 4.78 is 27.4. The minimum atomic E-state index is -3.34. The lowest BCUT2D eigenvalue weighted by Gasteiger charge is -2.08. The molecule has 0 bridgehead atoms. The molecule has 0 radical (unpaired) electrons. The van der Waals surface area contributed by atoms with Crippen molar-refractivity contribution >= 4 is 37.5 Å². The van der Waals surface area contributed by atoms with Gasteiger partial charge in [-0.15, -0.1) is 5.10 Å². The number of tetrazole rings is 1. The molecule has 26 heavy (non-hydrogen) atoms. The van der Waals surface area contributed by atoms with E-state index in [1.807, 2.05) is 26.0 Å². The first-order chi connectivity index (χ1) is 12.4. The van der Waals surface area contributed by atoms with Crippen LogP contribution in [0.15, 0.2) is 57.0 Å². The molecule has 0 aliphatic rings. The lowest BCUT2D eigenvalue weighted by atomic mass is 10.1. The van der Waals surface area contributed by atoms with Crippen molar-refractivity contribution in [2.24, 2.45) is 0 Å². The first-order valence-electron chi connectivity index (χ1n) is 7.84. The third-order valence-electron chi connectivity index (χ3n) is 3.78. The summed E-state index contributed by atoms with van der Waals surface area (Å²) >= 11 is 4.63. The lowest BCUT2D eigenvalue weighted by Crippen LogP contribution is -2.09. The van der Waals surface area contributed by atoms with Gasteiger partial charge >= 0.3 is 0 Å². The second-order valence-corrected chi connectivity index (χ2v) is 9.87. The number of hydrogen-bond acceptors (Lipinski definition) is 6. The van der Waals surface area contributed by atoms with Gasteiger partial charge in [-0.3, -0.25) is 0 Å². The summed E-state index contributed by atoms with van der Waals surface area (Å²) in [6, 6.07) is 12.7. The van der Waals surface area contributed by atoms with Gasteiger partial charge in [-0.1, -0.05) is 45.4 Å². The van der Waals surface area contributed by atoms with Gasteiger partial charge in [-0.25, -0.2) is 8.42 Å². The summed E-state index contributed by atoms with van der Waals surface area (Å²) in [5.41, 5.74) is 3.11. The molecular formula is C17H17BrN4O2S2. The average Bonchev–Trinajstić information content (AvgIpc) is 3.03. The van der Waals surface area contributed by atoms with E-state index in [2.05, 4.69) is 37.5 Å². The molecule has 1 heterocycles. The maximum absolute atomic E-state index is 12.4. The summed E-state index contributed by atoms with van der Waals surface area (Å²) in [7, 11) is -3.34. The first-order valence-corrected chi connectivity index (χ1v) is 11.3. The van der Waals surface area contributed by atoms with E-state index in [0.29, 0.717) is 15.8 Å². The number of aromatic nitrogens is 4. The third kappa shape index (κ3) is 4.33. The SMILES string of the molecule is Cc1ccc(-n2nnnc2SCCS(=O)(=O)c2ccc(Br)cc2)c(C)c1. The number of thioether (sulfide) groups is 1. The third-order valence-corrected chi connectivity index (χ3v) is 7.22. The molecule has 2 aromatic carbocycles. The van der Waals surface area contributed by atoms with Crippen molar-refractivity contribution in [1.82, 2.24) is 20.2 Å². The normalized spacial score (nSPS) is 11.7. The van der Waals surface area contributed by atoms with E-state index in [1.165, 1.54) is 11.8 Å². The molecule has 3 aromatic rings. The molecular weight excluding hydrogens is 436 g/mol. The largest absolute Gasteiger partial charge is 0.224 e. The Morgan fingerprint density at radius 1 is 1.12 bits per heavy atom. The zero-order valence-corrected chi connectivity index (χ0v) is 17.5. The van der Waals surface area contributed by atoms with Crippen LogP contribution in [0.3, 0.4) is 0 Å². The van der Waals surface area contributed by atoms with E-state index in [9.17, 15) is 8.42 Å². The molecule has 9 heteroatoms. The predicted molar refractivity (Wildman–Crippen MR) is 106 cm³/mol. The maximum atomic E-state index is 12.4. The zero-order valence-electron chi connectivity index (χ0n) is 14.3. The minimum Gasteiger partial charge on any atom is -0.224 e. The molecule has 0 saturated carbocycles. The molecule has 0 spiro atoms. The van der Waals surface area contributed by atoms with Gasteiger partial charge in [0.25, 0.3) is 0 Å². The van der Waals surface area contributed by atoms with Gasteiger partial charge in [-0.2, -0.15) is 4.68 Å². The monoisotopic (exact) mass is 452 g/mol. The molecule has 3 rings (SSSR count). The van der Waals surface area contributed by atoms with E-state index < -0.39 is 9.84 Å². The fourth-order valence-electron chi connectivity index (χ4n) is 2.47. The van der Waals surface area contributed by atoms with Crippen LogP contribution < -0.4 is 0 Å². The highest BCUT2D eigenvalue weighted by Gasteiger charge is 2.16. The van der Waals surface area contributed by atoms with Gasteiger partial charge in [0.1, 0.15) is 0 Å². The van der Waals surface area contributed by atoms with Crippen LogP contribution in [0.2, 0.25) is 0 Å². The Kier molecular flexibility index (Phi) is 5.79. The van der Waals surface area contributed by atoms with Crippen LogP contribution in [0, 0.1) is 13.8 Å². The van der Waals surface area contributed by atoms with Crippen molar-refractivity contribution in [2.45, 2.75) is 23.9 Å². The van der Waals surface area contributed by atoms with Crippen LogP contribution in [-0.4, -0.2) is 40.1 Å². The Labute approximate surface area is 165 Å². The number of halogens is 1. The van der Waals surface area contributed by atoms with E-state index in [-0.39, 0.29) is 5.75 Å². The second kappa shape index (κ2) is 7.89. The molecule has 0 aliphatic carbocycles. The Morgan fingerprint density at radius 2 is 1.85 bits per heavy atom. The van der Waals surface area contributed by atoms with Crippen molar-refractivity contribution in [1.29, 1.82) is 0 Å². The molecule has 136 valence electrons. The number of aryl methyl sites for hydroxylation is 2. The lowest BCUT2D eigenvalue weighted by molar-refractivity contribution is 0.597. The summed E-state index contributed by atoms with van der Waals surface area (Å²) in [5, 5.41) is 12.4. The molecule has 0 aliphatic heterocycles. The van der Waals surface area contributed by atoms with Gasteiger partial charge in [0.15, 0.2) is 9.84 Å². The Morgan fingerprint density at radius 3 is 2.54 bits per heavy atom. The van der Waals surface area contributed by atoms with Crippen LogP contribution in [0.25, 0.3) is 5.69 Å². The smallest absolute Gasteiger partial charge is 0.214 e. The standard InChI is InChI=1S/C17H17BrN4O2S2/c1-12-3-8-16(13(2)11-12)22-17(19-20-21-22)25-9-10-26(23,24)15-6-4-14(18)5-7-15/h3-8,11H,9-10H2,1-2H3. The quantitative estimate of drug-likeness (QED) is 0.531. The summed E-state index contributed by atoms with van der Waals surface area (Å²) in [6.07, 6.45) is 0. The molecule has 0 atom stereocenters. The Hall–Kier alpha value is -1.71. The predicted octanol–water partition coefficient (Wildman–Crippen LogP) is 3.61. The van der Waals surface area contributed by atoms with E-state index in [4.69, 9.17) is 0 Å². The average molecular weight is 453 g/mol. The maximum Gasteiger partial charge on any atom is 0.214 e. The number of rotatable bonds is 6. The molecule has 1 aromatic heterocycles. The van der Waals surface area contributed by atoms with Crippen LogP contribution >= 0.6 is 27.7 Å². The fourth-order valence-corrected chi connectivity index (χ4v) is 5.26. The Balaban J connectivity index is 1.71. The topological polar surface area (TPSA) is 77.7 Å². The molecule has 0 fully saturated rings. The highest BCUT2D eigenvalue weighted by Crippen LogP contribution is 2.23. The Bertz CT molecular complexity index is 1020. The summed E-state index contributed by atoms with van der Waals surface area (Å²) in [5.74, 6) is 0.378. The molecule has 6 nitrogen and oxygen atoms in total. The molecule has 0 saturated heterocycles. The summed E-state index contributed by atoms with van der Waals surface area (Å²) in [6.45, 7) is 4.02. The van der Waals surface area contributed by atoms with Crippen LogP contribution in [0.5, 0.6) is 0 Å². The van der Waals surface area contributed by atoms with Gasteiger partial charge in [-0.05, 0) is 60.2 Å². The van der Waals surface area contributed by atoms with Crippen LogP contribution in [0.4, 0.5) is 0 Å². The van der Waals surface area contributed by atoms with Crippen molar-refractivity contribution in [3.63, 3.8) is 0 Å². The number of nitrogens with zero attached hydrogens (tertiary/aromatic N) is 4. The van der Waals surface area contributed by atoms with E-state index in [1.54, 1.807) is 28.9 Å². The molecule has 0 amide bonds. The highest BCUT2D eigenvalue weighted by atomic mass is 79.9. The number of benzene rings is 2. The van der Waals surface area contributed by atoms with Crippen LogP contribution in [0.1, 0.15) is 11.1 Å². The van der Waals surface area contributed by atoms with Crippen molar-refractivity contribution in [3.8, 4) is 5.69 Å². The van der Waals surface area contributed by atoms with Crippen molar-refractivity contribution < 1.29 is 8.42 Å². The highest BCUT2D eigenvalue weighted by molar-refractivity contribution is 9.10. The van der Waals surface area contributed by atoms with Gasteiger partial charge in [0.05, 0.1) is 16.3 Å². The minimum absolute atomic E-state index is 0.0129. The van der Waals surface area contributed by atoms with E-state index >= 15 is 0 Å². The van der Waals surface area contributed by atoms with Crippen molar-refractivity contribution in [2.75, 3.05) is 11.5 Å². The van der Waals surface area contributed by atoms with Crippen LogP contribution in [-0.2, 0) is 9.84 Å². The number of hydrogen-bond donors (Lipinski definition) is 0. The zero-order chi connectivity index (χ0) is 18.7. The van der Waals surface area contributed by atoms with E-state index in [0.717, 1.165) is 21.3 Å². The van der Waals surface area contributed by atoms with Gasteiger partial charge in [0, 0.05) is 10.2 Å². The number of sulfone groups is 1. The fraction of sp³-hybridized carbons (Fsp3) is 0.235. The first kappa shape index (κ1) is 19.1. The van der Waals surface area contributed by atoms with Gasteiger partial charge in [0.2, 0.25) is 5.16 Å². The molecule has 0 unspecified atom stereocenters. The summed E-state index contributed by atoms with van der Waals surface area (Å²) in [4.78, 5) is 0.315.